The highest BCUT2D eigenvalue weighted by atomic mass is 35.5. The zero-order chi connectivity index (χ0) is 16.3. The molecule has 3 nitrogen and oxygen atoms in total. The number of rotatable bonds is 4. The summed E-state index contributed by atoms with van der Waals surface area (Å²) >= 11 is 5.82. The van der Waals surface area contributed by atoms with Gasteiger partial charge in [-0.3, -0.25) is 9.78 Å². The van der Waals surface area contributed by atoms with E-state index in [1.54, 1.807) is 12.3 Å². The minimum atomic E-state index is -1.11. The molecule has 1 aromatic carbocycles. The number of halogens is 3. The zero-order valence-electron chi connectivity index (χ0n) is 12.2. The lowest BCUT2D eigenvalue weighted by Gasteiger charge is -2.18. The quantitative estimate of drug-likeness (QED) is 0.856. The highest BCUT2D eigenvalue weighted by Gasteiger charge is 2.20. The molecule has 116 valence electrons. The summed E-state index contributed by atoms with van der Waals surface area (Å²) in [5, 5.41) is 2.62. The predicted octanol–water partition coefficient (Wildman–Crippen LogP) is 4.20. The van der Waals surface area contributed by atoms with Gasteiger partial charge in [0, 0.05) is 6.20 Å². The van der Waals surface area contributed by atoms with E-state index in [9.17, 15) is 13.6 Å². The summed E-state index contributed by atoms with van der Waals surface area (Å²) in [6, 6.07) is 4.95. The molecule has 22 heavy (non-hydrogen) atoms. The largest absolute Gasteiger partial charge is 0.344 e. The molecular formula is C16H15ClF2N2O. The van der Waals surface area contributed by atoms with Gasteiger partial charge in [0.1, 0.15) is 0 Å². The minimum absolute atomic E-state index is 0.104. The lowest BCUT2D eigenvalue weighted by atomic mass is 10.0. The molecule has 0 bridgehead atoms. The van der Waals surface area contributed by atoms with E-state index in [2.05, 4.69) is 10.3 Å². The third-order valence-corrected chi connectivity index (χ3v) is 3.66. The Balaban J connectivity index is 2.27. The van der Waals surface area contributed by atoms with E-state index < -0.39 is 17.5 Å². The number of benzene rings is 1. The van der Waals surface area contributed by atoms with Gasteiger partial charge in [0.15, 0.2) is 11.6 Å². The van der Waals surface area contributed by atoms with Crippen molar-refractivity contribution in [3.8, 4) is 0 Å². The van der Waals surface area contributed by atoms with Crippen molar-refractivity contribution in [1.29, 1.82) is 0 Å². The van der Waals surface area contributed by atoms with Crippen LogP contribution in [0.25, 0.3) is 0 Å². The van der Waals surface area contributed by atoms with Crippen LogP contribution in [0.5, 0.6) is 0 Å². The second kappa shape index (κ2) is 6.83. The van der Waals surface area contributed by atoms with Crippen molar-refractivity contribution in [3.05, 3.63) is 63.9 Å². The van der Waals surface area contributed by atoms with Gasteiger partial charge >= 0.3 is 0 Å². The van der Waals surface area contributed by atoms with Crippen LogP contribution >= 0.6 is 11.6 Å². The first-order chi connectivity index (χ1) is 10.4. The number of nitrogens with zero attached hydrogens (tertiary/aromatic N) is 1. The minimum Gasteiger partial charge on any atom is -0.344 e. The number of pyridine rings is 1. The molecule has 2 rings (SSSR count). The molecule has 1 atom stereocenters. The summed E-state index contributed by atoms with van der Waals surface area (Å²) in [5.74, 6) is -2.77. The smallest absolute Gasteiger partial charge is 0.253 e. The molecule has 0 fully saturated rings. The van der Waals surface area contributed by atoms with Gasteiger partial charge in [-0.05, 0) is 37.1 Å². The van der Waals surface area contributed by atoms with Gasteiger partial charge in [0.25, 0.3) is 5.91 Å². The average Bonchev–Trinajstić information content (AvgIpc) is 2.49. The van der Waals surface area contributed by atoms with E-state index in [-0.39, 0.29) is 16.6 Å². The number of amides is 1. The van der Waals surface area contributed by atoms with E-state index in [1.807, 2.05) is 19.9 Å². The summed E-state index contributed by atoms with van der Waals surface area (Å²) in [5.41, 5.74) is 1.57. The number of hydrogen-bond acceptors (Lipinski definition) is 2. The van der Waals surface area contributed by atoms with Crippen LogP contribution in [0.4, 0.5) is 8.78 Å². The maximum absolute atomic E-state index is 13.3. The van der Waals surface area contributed by atoms with Crippen LogP contribution < -0.4 is 5.32 Å². The molecule has 1 amide bonds. The van der Waals surface area contributed by atoms with Crippen LogP contribution in [0, 0.1) is 18.6 Å². The molecule has 2 aromatic rings. The standard InChI is InChI=1S/C16H15ClF2N2O/c1-3-14(15-9(2)5-4-6-20-15)21-16(22)10-7-12(18)13(19)8-11(10)17/h4-8,14H,3H2,1-2H3,(H,21,22). The fraction of sp³-hybridized carbons (Fsp3) is 0.250. The van der Waals surface area contributed by atoms with Crippen molar-refractivity contribution in [2.75, 3.05) is 0 Å². The topological polar surface area (TPSA) is 42.0 Å². The molecule has 0 spiro atoms. The van der Waals surface area contributed by atoms with E-state index in [0.29, 0.717) is 6.42 Å². The van der Waals surface area contributed by atoms with Crippen molar-refractivity contribution in [1.82, 2.24) is 10.3 Å². The zero-order valence-corrected chi connectivity index (χ0v) is 12.9. The lowest BCUT2D eigenvalue weighted by molar-refractivity contribution is 0.0934. The molecule has 0 aliphatic heterocycles. The molecule has 0 aliphatic carbocycles. The summed E-state index contributed by atoms with van der Waals surface area (Å²) in [4.78, 5) is 16.5. The van der Waals surface area contributed by atoms with Crippen LogP contribution in [-0.4, -0.2) is 10.9 Å². The second-order valence-corrected chi connectivity index (χ2v) is 5.29. The molecule has 1 heterocycles. The fourth-order valence-electron chi connectivity index (χ4n) is 2.16. The van der Waals surface area contributed by atoms with Crippen LogP contribution in [0.15, 0.2) is 30.5 Å². The van der Waals surface area contributed by atoms with E-state index in [0.717, 1.165) is 23.4 Å². The molecule has 0 radical (unpaired) electrons. The molecule has 1 unspecified atom stereocenters. The van der Waals surface area contributed by atoms with Crippen molar-refractivity contribution in [3.63, 3.8) is 0 Å². The maximum Gasteiger partial charge on any atom is 0.253 e. The normalized spacial score (nSPS) is 12.0. The summed E-state index contributed by atoms with van der Waals surface area (Å²) < 4.78 is 26.4. The highest BCUT2D eigenvalue weighted by molar-refractivity contribution is 6.33. The maximum atomic E-state index is 13.3. The van der Waals surface area contributed by atoms with Gasteiger partial charge in [-0.15, -0.1) is 0 Å². The monoisotopic (exact) mass is 324 g/mol. The Labute approximate surface area is 132 Å². The SMILES string of the molecule is CCC(NC(=O)c1cc(F)c(F)cc1Cl)c1ncccc1C. The number of nitrogens with one attached hydrogen (secondary N) is 1. The van der Waals surface area contributed by atoms with E-state index in [1.165, 1.54) is 0 Å². The van der Waals surface area contributed by atoms with E-state index in [4.69, 9.17) is 11.6 Å². The van der Waals surface area contributed by atoms with E-state index >= 15 is 0 Å². The molecular weight excluding hydrogens is 310 g/mol. The van der Waals surface area contributed by atoms with Crippen molar-refractivity contribution in [2.45, 2.75) is 26.3 Å². The summed E-state index contributed by atoms with van der Waals surface area (Å²) in [6.07, 6.45) is 2.24. The van der Waals surface area contributed by atoms with Gasteiger partial charge in [0.05, 0.1) is 22.3 Å². The van der Waals surface area contributed by atoms with Crippen molar-refractivity contribution >= 4 is 17.5 Å². The lowest BCUT2D eigenvalue weighted by Crippen LogP contribution is -2.29. The third kappa shape index (κ3) is 3.42. The highest BCUT2D eigenvalue weighted by Crippen LogP contribution is 2.23. The number of carbonyl (C=O) groups excluding carboxylic acids is 1. The van der Waals surface area contributed by atoms with Crippen molar-refractivity contribution in [2.24, 2.45) is 0 Å². The van der Waals surface area contributed by atoms with Gasteiger partial charge in [-0.1, -0.05) is 24.6 Å². The first-order valence-electron chi connectivity index (χ1n) is 6.81. The Hall–Kier alpha value is -2.01. The van der Waals surface area contributed by atoms with Gasteiger partial charge in [-0.2, -0.15) is 0 Å². The Morgan fingerprint density at radius 1 is 1.36 bits per heavy atom. The van der Waals surface area contributed by atoms with Crippen molar-refractivity contribution < 1.29 is 13.6 Å². The fourth-order valence-corrected chi connectivity index (χ4v) is 2.40. The number of carbonyl (C=O) groups is 1. The average molecular weight is 325 g/mol. The second-order valence-electron chi connectivity index (χ2n) is 4.89. The van der Waals surface area contributed by atoms with Crippen LogP contribution in [0.2, 0.25) is 5.02 Å². The molecule has 6 heteroatoms. The molecule has 1 aromatic heterocycles. The van der Waals surface area contributed by atoms with Crippen LogP contribution in [0.1, 0.15) is 41.0 Å². The third-order valence-electron chi connectivity index (χ3n) is 3.35. The summed E-state index contributed by atoms with van der Waals surface area (Å²) in [6.45, 7) is 3.79. The van der Waals surface area contributed by atoms with Gasteiger partial charge < -0.3 is 5.32 Å². The summed E-state index contributed by atoms with van der Waals surface area (Å²) in [7, 11) is 0. The number of aryl methyl sites for hydroxylation is 1. The first kappa shape index (κ1) is 16.4. The molecule has 0 saturated carbocycles. The molecule has 0 aliphatic rings. The number of aromatic nitrogens is 1. The van der Waals surface area contributed by atoms with Gasteiger partial charge in [0.2, 0.25) is 0 Å². The van der Waals surface area contributed by atoms with Gasteiger partial charge in [-0.25, -0.2) is 8.78 Å². The Kier molecular flexibility index (Phi) is 5.08. The van der Waals surface area contributed by atoms with Crippen LogP contribution in [-0.2, 0) is 0 Å². The predicted molar refractivity (Wildman–Crippen MR) is 80.8 cm³/mol. The Morgan fingerprint density at radius 2 is 2.05 bits per heavy atom. The Morgan fingerprint density at radius 3 is 2.68 bits per heavy atom. The number of hydrogen-bond donors (Lipinski definition) is 1. The molecule has 1 N–H and O–H groups in total. The Bertz CT molecular complexity index is 707. The first-order valence-corrected chi connectivity index (χ1v) is 7.18. The molecule has 0 saturated heterocycles. The van der Waals surface area contributed by atoms with Crippen LogP contribution in [0.3, 0.4) is 0 Å².